The van der Waals surface area contributed by atoms with E-state index in [9.17, 15) is 14.4 Å². The molecule has 7 nitrogen and oxygen atoms in total. The van der Waals surface area contributed by atoms with Crippen LogP contribution in [0.15, 0.2) is 40.6 Å². The van der Waals surface area contributed by atoms with Gasteiger partial charge in [-0.2, -0.15) is 0 Å². The first-order valence-electron chi connectivity index (χ1n) is 8.56. The predicted molar refractivity (Wildman–Crippen MR) is 104 cm³/mol. The zero-order valence-corrected chi connectivity index (χ0v) is 16.0. The number of fused-ring (bicyclic) bond motifs is 1. The highest BCUT2D eigenvalue weighted by Gasteiger charge is 2.23. The molecule has 8 heteroatoms. The molecule has 0 fully saturated rings. The topological polar surface area (TPSA) is 93.2 Å². The second-order valence-electron chi connectivity index (χ2n) is 6.25. The summed E-state index contributed by atoms with van der Waals surface area (Å²) in [6, 6.07) is 6.97. The number of H-pyrrole nitrogens is 1. The molecule has 0 aliphatic heterocycles. The molecule has 142 valence electrons. The first-order chi connectivity index (χ1) is 13.0. The van der Waals surface area contributed by atoms with E-state index in [1.165, 1.54) is 7.11 Å². The van der Waals surface area contributed by atoms with Crippen LogP contribution in [0.3, 0.4) is 0 Å². The minimum atomic E-state index is -0.790. The van der Waals surface area contributed by atoms with E-state index in [4.69, 9.17) is 4.74 Å². The minimum Gasteiger partial charge on any atom is -0.467 e. The Morgan fingerprint density at radius 1 is 1.33 bits per heavy atom. The summed E-state index contributed by atoms with van der Waals surface area (Å²) < 4.78 is 6.40. The molecule has 1 unspecified atom stereocenters. The Labute approximate surface area is 160 Å². The number of nitrogens with zero attached hydrogens (tertiary/aromatic N) is 1. The highest BCUT2D eigenvalue weighted by atomic mass is 32.1. The maximum absolute atomic E-state index is 12.3. The van der Waals surface area contributed by atoms with Crippen molar-refractivity contribution in [2.75, 3.05) is 7.11 Å². The Balaban J connectivity index is 1.68. The third-order valence-corrected chi connectivity index (χ3v) is 5.34. The lowest BCUT2D eigenvalue weighted by atomic mass is 10.0. The number of carbonyl (C=O) groups excluding carboxylic acids is 2. The van der Waals surface area contributed by atoms with E-state index in [2.05, 4.69) is 10.3 Å². The van der Waals surface area contributed by atoms with Crippen molar-refractivity contribution in [2.24, 2.45) is 0 Å². The number of hydrogen-bond acceptors (Lipinski definition) is 5. The van der Waals surface area contributed by atoms with Gasteiger partial charge in [0.2, 0.25) is 5.91 Å². The van der Waals surface area contributed by atoms with Crippen molar-refractivity contribution < 1.29 is 14.3 Å². The third kappa shape index (κ3) is 4.28. The van der Waals surface area contributed by atoms with Crippen LogP contribution in [0.5, 0.6) is 0 Å². The van der Waals surface area contributed by atoms with Crippen LogP contribution in [0.25, 0.3) is 10.9 Å². The summed E-state index contributed by atoms with van der Waals surface area (Å²) in [4.78, 5) is 39.3. The van der Waals surface area contributed by atoms with Crippen LogP contribution in [0.1, 0.15) is 17.7 Å². The molecule has 0 bridgehead atoms. The van der Waals surface area contributed by atoms with Crippen molar-refractivity contribution in [1.82, 2.24) is 14.9 Å². The van der Waals surface area contributed by atoms with Crippen molar-refractivity contribution in [2.45, 2.75) is 32.4 Å². The van der Waals surface area contributed by atoms with Crippen molar-refractivity contribution >= 4 is 34.1 Å². The number of esters is 1. The van der Waals surface area contributed by atoms with Gasteiger partial charge >= 0.3 is 10.8 Å². The van der Waals surface area contributed by atoms with E-state index < -0.39 is 12.0 Å². The molecule has 1 aromatic carbocycles. The largest absolute Gasteiger partial charge is 0.467 e. The number of rotatable bonds is 7. The third-order valence-electron chi connectivity index (χ3n) is 4.46. The van der Waals surface area contributed by atoms with Crippen molar-refractivity contribution in [3.8, 4) is 0 Å². The molecular weight excluding hydrogens is 366 g/mol. The van der Waals surface area contributed by atoms with E-state index in [0.717, 1.165) is 33.5 Å². The van der Waals surface area contributed by atoms with Crippen LogP contribution in [0.4, 0.5) is 0 Å². The van der Waals surface area contributed by atoms with E-state index in [1.807, 2.05) is 37.4 Å². The van der Waals surface area contributed by atoms with Crippen LogP contribution in [-0.4, -0.2) is 34.6 Å². The number of aromatic amines is 1. The summed E-state index contributed by atoms with van der Waals surface area (Å²) in [5.41, 5.74) is 2.71. The number of carbonyl (C=O) groups is 2. The highest BCUT2D eigenvalue weighted by molar-refractivity contribution is 7.07. The molecule has 0 aliphatic rings. The Bertz CT molecular complexity index is 1020. The van der Waals surface area contributed by atoms with E-state index >= 15 is 0 Å². The minimum absolute atomic E-state index is 0.0939. The molecular formula is C19H21N3O4S. The Hall–Kier alpha value is -2.87. The molecule has 2 heterocycles. The van der Waals surface area contributed by atoms with Gasteiger partial charge in [-0.05, 0) is 18.6 Å². The standard InChI is InChI=1S/C19H21N3O4S/c1-12-11-27-19(25)22(12)8-7-17(23)21-16(18(24)26-2)9-13-10-20-15-6-4-3-5-14(13)15/h3-6,10-11,16,20H,7-9H2,1-2H3,(H,21,23). The number of thiazole rings is 1. The van der Waals surface area contributed by atoms with Gasteiger partial charge in [0.1, 0.15) is 6.04 Å². The second-order valence-corrected chi connectivity index (χ2v) is 7.07. The fourth-order valence-corrected chi connectivity index (χ4v) is 3.77. The molecule has 2 N–H and O–H groups in total. The van der Waals surface area contributed by atoms with Gasteiger partial charge in [-0.3, -0.25) is 9.59 Å². The number of aromatic nitrogens is 2. The van der Waals surface area contributed by atoms with Gasteiger partial charge in [0.15, 0.2) is 0 Å². The predicted octanol–water partition coefficient (Wildman–Crippen LogP) is 1.99. The lowest BCUT2D eigenvalue weighted by Gasteiger charge is -2.16. The first-order valence-corrected chi connectivity index (χ1v) is 9.44. The first kappa shape index (κ1) is 18.9. The van der Waals surface area contributed by atoms with Gasteiger partial charge in [0.05, 0.1) is 7.11 Å². The number of methoxy groups -OCH3 is 1. The van der Waals surface area contributed by atoms with Crippen LogP contribution >= 0.6 is 11.3 Å². The molecule has 1 atom stereocenters. The zero-order chi connectivity index (χ0) is 19.4. The maximum atomic E-state index is 12.3. The monoisotopic (exact) mass is 387 g/mol. The summed E-state index contributed by atoms with van der Waals surface area (Å²) in [5.74, 6) is -0.805. The van der Waals surface area contributed by atoms with Crippen LogP contribution < -0.4 is 10.2 Å². The SMILES string of the molecule is COC(=O)C(Cc1c[nH]c2ccccc12)NC(=O)CCn1c(C)csc1=O. The Kier molecular flexibility index (Phi) is 5.75. The Morgan fingerprint density at radius 2 is 2.11 bits per heavy atom. The van der Waals surface area contributed by atoms with Crippen molar-refractivity contribution in [3.05, 3.63) is 56.8 Å². The molecule has 3 aromatic rings. The average molecular weight is 387 g/mol. The number of ether oxygens (including phenoxy) is 1. The summed E-state index contributed by atoms with van der Waals surface area (Å²) in [6.07, 6.45) is 2.26. The quantitative estimate of drug-likeness (QED) is 0.607. The molecule has 3 rings (SSSR count). The van der Waals surface area contributed by atoms with E-state index in [0.29, 0.717) is 6.42 Å². The number of benzene rings is 1. The molecule has 0 aliphatic carbocycles. The molecule has 0 saturated carbocycles. The van der Waals surface area contributed by atoms with Gasteiger partial charge in [0, 0.05) is 47.6 Å². The summed E-state index contributed by atoms with van der Waals surface area (Å²) in [6.45, 7) is 2.10. The number of aryl methyl sites for hydroxylation is 1. The number of para-hydroxylation sites is 1. The molecule has 0 saturated heterocycles. The molecule has 1 amide bonds. The summed E-state index contributed by atoms with van der Waals surface area (Å²) in [5, 5.41) is 5.49. The van der Waals surface area contributed by atoms with Crippen LogP contribution in [0.2, 0.25) is 0 Å². The van der Waals surface area contributed by atoms with Crippen LogP contribution in [0, 0.1) is 6.92 Å². The van der Waals surface area contributed by atoms with Gasteiger partial charge in [-0.15, -0.1) is 0 Å². The average Bonchev–Trinajstić information content (AvgIpc) is 3.22. The summed E-state index contributed by atoms with van der Waals surface area (Å²) >= 11 is 1.11. The smallest absolute Gasteiger partial charge is 0.328 e. The number of nitrogens with one attached hydrogen (secondary N) is 2. The number of amides is 1. The van der Waals surface area contributed by atoms with Crippen LogP contribution in [-0.2, 0) is 27.3 Å². The van der Waals surface area contributed by atoms with Gasteiger partial charge in [0.25, 0.3) is 0 Å². The molecule has 0 spiro atoms. The highest BCUT2D eigenvalue weighted by Crippen LogP contribution is 2.19. The lowest BCUT2D eigenvalue weighted by Crippen LogP contribution is -2.43. The van der Waals surface area contributed by atoms with Gasteiger partial charge in [-0.25, -0.2) is 4.79 Å². The van der Waals surface area contributed by atoms with Crippen molar-refractivity contribution in [3.63, 3.8) is 0 Å². The molecule has 2 aromatic heterocycles. The molecule has 27 heavy (non-hydrogen) atoms. The van der Waals surface area contributed by atoms with Gasteiger partial charge < -0.3 is 19.6 Å². The van der Waals surface area contributed by atoms with E-state index in [-0.39, 0.29) is 23.7 Å². The normalized spacial score (nSPS) is 12.1. The van der Waals surface area contributed by atoms with Gasteiger partial charge in [-0.1, -0.05) is 29.5 Å². The molecule has 0 radical (unpaired) electrons. The second kappa shape index (κ2) is 8.22. The Morgan fingerprint density at radius 3 is 2.81 bits per heavy atom. The van der Waals surface area contributed by atoms with Crippen molar-refractivity contribution in [1.29, 1.82) is 0 Å². The lowest BCUT2D eigenvalue weighted by molar-refractivity contribution is -0.145. The van der Waals surface area contributed by atoms with E-state index in [1.54, 1.807) is 9.95 Å². The summed E-state index contributed by atoms with van der Waals surface area (Å²) in [7, 11) is 1.30. The number of hydrogen-bond donors (Lipinski definition) is 2. The maximum Gasteiger partial charge on any atom is 0.328 e. The fraction of sp³-hybridized carbons (Fsp3) is 0.316. The zero-order valence-electron chi connectivity index (χ0n) is 15.2. The fourth-order valence-electron chi connectivity index (χ4n) is 3.01.